The summed E-state index contributed by atoms with van der Waals surface area (Å²) >= 11 is 0. The molecule has 0 saturated carbocycles. The van der Waals surface area contributed by atoms with Crippen LogP contribution in [0.5, 0.6) is 0 Å². The zero-order chi connectivity index (χ0) is 16.7. The normalized spacial score (nSPS) is 13.0. The van der Waals surface area contributed by atoms with Crippen molar-refractivity contribution in [2.75, 3.05) is 5.32 Å². The number of carbonyl (C=O) groups excluding carboxylic acids is 1. The van der Waals surface area contributed by atoms with E-state index in [1.54, 1.807) is 6.07 Å². The number of benzene rings is 2. The fourth-order valence-electron chi connectivity index (χ4n) is 3.47. The van der Waals surface area contributed by atoms with Gasteiger partial charge in [0.05, 0.1) is 5.52 Å². The van der Waals surface area contributed by atoms with E-state index < -0.39 is 0 Å². The van der Waals surface area contributed by atoms with Crippen molar-refractivity contribution in [1.82, 2.24) is 4.98 Å². The summed E-state index contributed by atoms with van der Waals surface area (Å²) in [5.41, 5.74) is 5.20. The second kappa shape index (κ2) is 5.64. The first-order chi connectivity index (χ1) is 11.6. The van der Waals surface area contributed by atoms with Crippen LogP contribution in [0.3, 0.4) is 0 Å². The molecule has 120 valence electrons. The summed E-state index contributed by atoms with van der Waals surface area (Å²) in [5, 5.41) is 3.98. The van der Waals surface area contributed by atoms with Crippen LogP contribution >= 0.6 is 0 Å². The number of rotatable bonds is 2. The van der Waals surface area contributed by atoms with Crippen molar-refractivity contribution in [2.24, 2.45) is 0 Å². The van der Waals surface area contributed by atoms with E-state index in [0.717, 1.165) is 46.9 Å². The van der Waals surface area contributed by atoms with Gasteiger partial charge in [-0.05, 0) is 56.0 Å². The molecule has 4 heteroatoms. The van der Waals surface area contributed by atoms with E-state index in [1.807, 2.05) is 43.3 Å². The van der Waals surface area contributed by atoms with Gasteiger partial charge in [0.1, 0.15) is 0 Å². The molecule has 4 nitrogen and oxygen atoms in total. The first-order valence-electron chi connectivity index (χ1n) is 8.17. The molecule has 0 spiro atoms. The maximum Gasteiger partial charge on any atom is 0.255 e. The zero-order valence-electron chi connectivity index (χ0n) is 13.5. The van der Waals surface area contributed by atoms with Crippen LogP contribution in [0.15, 0.2) is 47.3 Å². The zero-order valence-corrected chi connectivity index (χ0v) is 13.5. The Morgan fingerprint density at radius 2 is 1.92 bits per heavy atom. The first-order valence-corrected chi connectivity index (χ1v) is 8.17. The van der Waals surface area contributed by atoms with E-state index >= 15 is 0 Å². The van der Waals surface area contributed by atoms with Crippen molar-refractivity contribution in [1.29, 1.82) is 0 Å². The average molecular weight is 318 g/mol. The number of amides is 1. The molecule has 0 atom stereocenters. The van der Waals surface area contributed by atoms with Gasteiger partial charge in [-0.3, -0.25) is 9.59 Å². The Morgan fingerprint density at radius 3 is 2.75 bits per heavy atom. The minimum Gasteiger partial charge on any atom is -0.322 e. The Bertz CT molecular complexity index is 1020. The van der Waals surface area contributed by atoms with Gasteiger partial charge in [0.15, 0.2) is 0 Å². The van der Waals surface area contributed by atoms with Crippen molar-refractivity contribution in [3.63, 3.8) is 0 Å². The van der Waals surface area contributed by atoms with Gasteiger partial charge in [-0.2, -0.15) is 0 Å². The summed E-state index contributed by atoms with van der Waals surface area (Å²) < 4.78 is 0. The molecule has 3 aromatic rings. The SMILES string of the molecule is Cc1cccc(C(=O)Nc2ccc3c4c(c(=O)[nH]c3c2)CCC4)c1. The molecule has 0 fully saturated rings. The largest absolute Gasteiger partial charge is 0.322 e. The van der Waals surface area contributed by atoms with Crippen LogP contribution in [0, 0.1) is 6.92 Å². The fraction of sp³-hybridized carbons (Fsp3) is 0.200. The maximum atomic E-state index is 12.4. The van der Waals surface area contributed by atoms with Gasteiger partial charge in [-0.15, -0.1) is 0 Å². The lowest BCUT2D eigenvalue weighted by molar-refractivity contribution is 0.102. The van der Waals surface area contributed by atoms with Gasteiger partial charge >= 0.3 is 0 Å². The third-order valence-electron chi connectivity index (χ3n) is 4.62. The summed E-state index contributed by atoms with van der Waals surface area (Å²) in [4.78, 5) is 27.5. The monoisotopic (exact) mass is 318 g/mol. The number of aromatic amines is 1. The van der Waals surface area contributed by atoms with E-state index in [4.69, 9.17) is 0 Å². The van der Waals surface area contributed by atoms with E-state index in [1.165, 1.54) is 0 Å². The summed E-state index contributed by atoms with van der Waals surface area (Å²) in [6.07, 6.45) is 2.83. The Kier molecular flexibility index (Phi) is 3.45. The van der Waals surface area contributed by atoms with Crippen molar-refractivity contribution >= 4 is 22.5 Å². The molecule has 2 aromatic carbocycles. The molecule has 0 radical (unpaired) electrons. The Morgan fingerprint density at radius 1 is 1.08 bits per heavy atom. The predicted octanol–water partition coefficient (Wildman–Crippen LogP) is 3.58. The molecule has 2 N–H and O–H groups in total. The van der Waals surface area contributed by atoms with Gasteiger partial charge in [0.25, 0.3) is 11.5 Å². The Labute approximate surface area is 139 Å². The highest BCUT2D eigenvalue weighted by Gasteiger charge is 2.18. The molecule has 1 heterocycles. The maximum absolute atomic E-state index is 12.4. The Balaban J connectivity index is 1.70. The molecule has 1 aliphatic carbocycles. The van der Waals surface area contributed by atoms with E-state index in [2.05, 4.69) is 10.3 Å². The van der Waals surface area contributed by atoms with Crippen LogP contribution in [-0.4, -0.2) is 10.9 Å². The number of carbonyl (C=O) groups is 1. The van der Waals surface area contributed by atoms with Gasteiger partial charge in [-0.1, -0.05) is 23.8 Å². The number of pyridine rings is 1. The summed E-state index contributed by atoms with van der Waals surface area (Å²) in [6, 6.07) is 13.2. The molecule has 4 rings (SSSR count). The average Bonchev–Trinajstić information content (AvgIpc) is 3.05. The van der Waals surface area contributed by atoms with E-state index in [0.29, 0.717) is 11.3 Å². The van der Waals surface area contributed by atoms with Crippen LogP contribution in [0.4, 0.5) is 5.69 Å². The lowest BCUT2D eigenvalue weighted by Crippen LogP contribution is -2.14. The van der Waals surface area contributed by atoms with Crippen molar-refractivity contribution < 1.29 is 4.79 Å². The Hall–Kier alpha value is -2.88. The van der Waals surface area contributed by atoms with Crippen molar-refractivity contribution in [3.8, 4) is 0 Å². The predicted molar refractivity (Wildman–Crippen MR) is 95.7 cm³/mol. The molecule has 1 amide bonds. The van der Waals surface area contributed by atoms with E-state index in [9.17, 15) is 9.59 Å². The van der Waals surface area contributed by atoms with Gasteiger partial charge in [0.2, 0.25) is 0 Å². The quantitative estimate of drug-likeness (QED) is 0.758. The molecule has 0 aliphatic heterocycles. The van der Waals surface area contributed by atoms with Crippen LogP contribution in [0.25, 0.3) is 10.9 Å². The van der Waals surface area contributed by atoms with Crippen molar-refractivity contribution in [3.05, 3.63) is 75.1 Å². The second-order valence-electron chi connectivity index (χ2n) is 6.35. The summed E-state index contributed by atoms with van der Waals surface area (Å²) in [5.74, 6) is -0.151. The second-order valence-corrected chi connectivity index (χ2v) is 6.35. The standard InChI is InChI=1S/C20H18N2O2/c1-12-4-2-5-13(10-12)19(23)21-14-8-9-16-15-6-3-7-17(15)20(24)22-18(16)11-14/h2,4-5,8-11H,3,6-7H2,1H3,(H,21,23)(H,22,24). The third kappa shape index (κ3) is 2.50. The third-order valence-corrected chi connectivity index (χ3v) is 4.62. The number of anilines is 1. The van der Waals surface area contributed by atoms with Crippen molar-refractivity contribution in [2.45, 2.75) is 26.2 Å². The molecule has 24 heavy (non-hydrogen) atoms. The molecular weight excluding hydrogens is 300 g/mol. The highest BCUT2D eigenvalue weighted by atomic mass is 16.1. The van der Waals surface area contributed by atoms with Gasteiger partial charge in [0, 0.05) is 22.2 Å². The lowest BCUT2D eigenvalue weighted by atomic mass is 10.1. The lowest BCUT2D eigenvalue weighted by Gasteiger charge is -2.09. The summed E-state index contributed by atoms with van der Waals surface area (Å²) in [6.45, 7) is 1.96. The molecule has 0 unspecified atom stereocenters. The smallest absolute Gasteiger partial charge is 0.255 e. The first kappa shape index (κ1) is 14.7. The highest BCUT2D eigenvalue weighted by Crippen LogP contribution is 2.27. The minimum atomic E-state index is -0.151. The molecular formula is C20H18N2O2. The number of fused-ring (bicyclic) bond motifs is 3. The number of H-pyrrole nitrogens is 1. The van der Waals surface area contributed by atoms with Crippen LogP contribution in [-0.2, 0) is 12.8 Å². The summed E-state index contributed by atoms with van der Waals surface area (Å²) in [7, 11) is 0. The highest BCUT2D eigenvalue weighted by molar-refractivity contribution is 6.05. The molecule has 0 bridgehead atoms. The van der Waals surface area contributed by atoms with Crippen LogP contribution in [0.1, 0.15) is 33.5 Å². The number of hydrogen-bond acceptors (Lipinski definition) is 2. The van der Waals surface area contributed by atoms with Gasteiger partial charge in [-0.25, -0.2) is 0 Å². The topological polar surface area (TPSA) is 62.0 Å². The van der Waals surface area contributed by atoms with Crippen LogP contribution < -0.4 is 10.9 Å². The molecule has 1 aliphatic rings. The van der Waals surface area contributed by atoms with E-state index in [-0.39, 0.29) is 11.5 Å². The fourth-order valence-corrected chi connectivity index (χ4v) is 3.47. The number of nitrogens with one attached hydrogen (secondary N) is 2. The minimum absolute atomic E-state index is 0.00263. The number of hydrogen-bond donors (Lipinski definition) is 2. The number of aryl methyl sites for hydroxylation is 2. The molecule has 0 saturated heterocycles. The number of aromatic nitrogens is 1. The van der Waals surface area contributed by atoms with Crippen LogP contribution in [0.2, 0.25) is 0 Å². The molecule has 1 aromatic heterocycles. The van der Waals surface area contributed by atoms with Gasteiger partial charge < -0.3 is 10.3 Å².